The highest BCUT2D eigenvalue weighted by Crippen LogP contribution is 2.40. The summed E-state index contributed by atoms with van der Waals surface area (Å²) in [4.78, 5) is 17.5. The van der Waals surface area contributed by atoms with Crippen molar-refractivity contribution in [2.24, 2.45) is 0 Å². The molecular weight excluding hydrogens is 218 g/mol. The molecule has 0 aromatic carbocycles. The molecule has 78 valence electrons. The van der Waals surface area contributed by atoms with Crippen molar-refractivity contribution in [3.05, 3.63) is 16.9 Å². The van der Waals surface area contributed by atoms with Crippen LogP contribution in [0.5, 0.6) is 5.75 Å². The van der Waals surface area contributed by atoms with Gasteiger partial charge >= 0.3 is 0 Å². The van der Waals surface area contributed by atoms with E-state index in [2.05, 4.69) is 10.3 Å². The number of carbonyl (C=O) groups excluding carboxylic acids is 1. The Morgan fingerprint density at radius 2 is 2.47 bits per heavy atom. The van der Waals surface area contributed by atoms with Crippen molar-refractivity contribution in [3.8, 4) is 5.75 Å². The SMILES string of the molecule is O=C1NCN2CCOc3c(Cl)ncc1c32. The molecule has 0 radical (unpaired) electrons. The standard InChI is InChI=1S/C9H8ClN3O2/c10-8-7-6-5(3-11-8)9(14)12-4-13(6)1-2-15-7/h3H,1-2,4H2,(H,12,14). The summed E-state index contributed by atoms with van der Waals surface area (Å²) in [6.07, 6.45) is 1.48. The van der Waals surface area contributed by atoms with Gasteiger partial charge in [-0.15, -0.1) is 0 Å². The zero-order valence-electron chi connectivity index (χ0n) is 7.79. The first-order valence-corrected chi connectivity index (χ1v) is 4.99. The third-order valence-electron chi connectivity index (χ3n) is 2.56. The summed E-state index contributed by atoms with van der Waals surface area (Å²) in [5, 5.41) is 3.08. The van der Waals surface area contributed by atoms with E-state index in [1.54, 1.807) is 0 Å². The van der Waals surface area contributed by atoms with E-state index in [9.17, 15) is 4.79 Å². The molecule has 0 unspecified atom stereocenters. The minimum atomic E-state index is -0.128. The summed E-state index contributed by atoms with van der Waals surface area (Å²) in [6.45, 7) is 1.82. The third-order valence-corrected chi connectivity index (χ3v) is 2.83. The lowest BCUT2D eigenvalue weighted by atomic mass is 10.1. The molecule has 0 atom stereocenters. The second-order valence-corrected chi connectivity index (χ2v) is 3.77. The number of halogens is 1. The van der Waals surface area contributed by atoms with Crippen LogP contribution < -0.4 is 15.0 Å². The van der Waals surface area contributed by atoms with Gasteiger partial charge in [0.1, 0.15) is 6.61 Å². The van der Waals surface area contributed by atoms with Crippen LogP contribution >= 0.6 is 11.6 Å². The fraction of sp³-hybridized carbons (Fsp3) is 0.333. The predicted molar refractivity (Wildman–Crippen MR) is 54.4 cm³/mol. The average molecular weight is 226 g/mol. The van der Waals surface area contributed by atoms with E-state index < -0.39 is 0 Å². The number of amides is 1. The van der Waals surface area contributed by atoms with E-state index in [0.717, 1.165) is 12.2 Å². The molecule has 0 bridgehead atoms. The molecule has 1 aromatic heterocycles. The van der Waals surface area contributed by atoms with Crippen LogP contribution in [0.3, 0.4) is 0 Å². The zero-order valence-corrected chi connectivity index (χ0v) is 8.54. The Morgan fingerprint density at radius 1 is 1.60 bits per heavy atom. The molecule has 0 saturated carbocycles. The maximum atomic E-state index is 11.6. The summed E-state index contributed by atoms with van der Waals surface area (Å²) in [5.74, 6) is 0.396. The minimum Gasteiger partial charge on any atom is -0.486 e. The summed E-state index contributed by atoms with van der Waals surface area (Å²) >= 11 is 5.91. The number of nitrogens with one attached hydrogen (secondary N) is 1. The molecule has 0 aliphatic carbocycles. The van der Waals surface area contributed by atoms with E-state index in [1.807, 2.05) is 4.90 Å². The van der Waals surface area contributed by atoms with Crippen molar-refractivity contribution >= 4 is 23.2 Å². The van der Waals surface area contributed by atoms with Crippen LogP contribution in [0.25, 0.3) is 0 Å². The molecule has 3 rings (SSSR count). The van der Waals surface area contributed by atoms with Crippen molar-refractivity contribution in [3.63, 3.8) is 0 Å². The highest BCUT2D eigenvalue weighted by Gasteiger charge is 2.31. The fourth-order valence-electron chi connectivity index (χ4n) is 1.86. The van der Waals surface area contributed by atoms with E-state index in [4.69, 9.17) is 16.3 Å². The number of aromatic nitrogens is 1. The van der Waals surface area contributed by atoms with Crippen molar-refractivity contribution < 1.29 is 9.53 Å². The Morgan fingerprint density at radius 3 is 3.33 bits per heavy atom. The Bertz CT molecular complexity index is 449. The van der Waals surface area contributed by atoms with Crippen LogP contribution in [0.2, 0.25) is 5.15 Å². The van der Waals surface area contributed by atoms with Crippen LogP contribution in [0, 0.1) is 0 Å². The monoisotopic (exact) mass is 225 g/mol. The van der Waals surface area contributed by atoms with Gasteiger partial charge in [0.2, 0.25) is 0 Å². The molecule has 5 nitrogen and oxygen atoms in total. The summed E-state index contributed by atoms with van der Waals surface area (Å²) < 4.78 is 5.43. The lowest BCUT2D eigenvalue weighted by Gasteiger charge is -2.35. The number of nitrogens with zero attached hydrogens (tertiary/aromatic N) is 2. The smallest absolute Gasteiger partial charge is 0.256 e. The number of ether oxygens (including phenoxy) is 1. The maximum absolute atomic E-state index is 11.6. The maximum Gasteiger partial charge on any atom is 0.256 e. The molecule has 3 heterocycles. The molecule has 1 amide bonds. The molecule has 0 spiro atoms. The first-order chi connectivity index (χ1) is 7.27. The Hall–Kier alpha value is -1.49. The van der Waals surface area contributed by atoms with Gasteiger partial charge in [0.05, 0.1) is 24.5 Å². The van der Waals surface area contributed by atoms with Crippen molar-refractivity contribution in [2.75, 3.05) is 24.7 Å². The topological polar surface area (TPSA) is 54.5 Å². The highest BCUT2D eigenvalue weighted by atomic mass is 35.5. The lowest BCUT2D eigenvalue weighted by molar-refractivity contribution is 0.0943. The number of hydrogen-bond acceptors (Lipinski definition) is 4. The summed E-state index contributed by atoms with van der Waals surface area (Å²) in [5.41, 5.74) is 1.30. The fourth-order valence-corrected chi connectivity index (χ4v) is 2.05. The second kappa shape index (κ2) is 3.00. The molecule has 2 aliphatic rings. The molecule has 2 aliphatic heterocycles. The molecular formula is C9H8ClN3O2. The molecule has 15 heavy (non-hydrogen) atoms. The first kappa shape index (κ1) is 8.79. The molecule has 0 saturated heterocycles. The number of carbonyl (C=O) groups is 1. The summed E-state index contributed by atoms with van der Waals surface area (Å²) in [6, 6.07) is 0. The van der Waals surface area contributed by atoms with Gasteiger partial charge in [0.15, 0.2) is 10.9 Å². The molecule has 6 heteroatoms. The Kier molecular flexibility index (Phi) is 1.76. The third kappa shape index (κ3) is 1.16. The van der Waals surface area contributed by atoms with Crippen molar-refractivity contribution in [1.82, 2.24) is 10.3 Å². The van der Waals surface area contributed by atoms with Gasteiger partial charge in [-0.2, -0.15) is 0 Å². The normalized spacial score (nSPS) is 17.9. The van der Waals surface area contributed by atoms with Crippen molar-refractivity contribution in [2.45, 2.75) is 0 Å². The number of anilines is 1. The second-order valence-electron chi connectivity index (χ2n) is 3.42. The van der Waals surface area contributed by atoms with Gasteiger partial charge in [0, 0.05) is 6.20 Å². The molecule has 0 fully saturated rings. The van der Waals surface area contributed by atoms with E-state index >= 15 is 0 Å². The average Bonchev–Trinajstić information content (AvgIpc) is 2.26. The largest absolute Gasteiger partial charge is 0.486 e. The van der Waals surface area contributed by atoms with E-state index in [1.165, 1.54) is 6.20 Å². The van der Waals surface area contributed by atoms with Gasteiger partial charge in [-0.25, -0.2) is 4.98 Å². The van der Waals surface area contributed by atoms with Gasteiger partial charge in [0.25, 0.3) is 5.91 Å². The van der Waals surface area contributed by atoms with Crippen LogP contribution in [0.1, 0.15) is 10.4 Å². The quantitative estimate of drug-likeness (QED) is 0.659. The summed E-state index contributed by atoms with van der Waals surface area (Å²) in [7, 11) is 0. The van der Waals surface area contributed by atoms with Gasteiger partial charge in [-0.05, 0) is 0 Å². The van der Waals surface area contributed by atoms with Crippen LogP contribution in [-0.4, -0.2) is 30.7 Å². The predicted octanol–water partition coefficient (Wildman–Crippen LogP) is 0.635. The Balaban J connectivity index is 2.27. The number of pyridine rings is 1. The van der Waals surface area contributed by atoms with E-state index in [0.29, 0.717) is 29.7 Å². The van der Waals surface area contributed by atoms with Crippen LogP contribution in [-0.2, 0) is 0 Å². The van der Waals surface area contributed by atoms with Gasteiger partial charge in [-0.1, -0.05) is 11.6 Å². The highest BCUT2D eigenvalue weighted by molar-refractivity contribution is 6.31. The molecule has 1 N–H and O–H groups in total. The van der Waals surface area contributed by atoms with Gasteiger partial charge in [-0.3, -0.25) is 4.79 Å². The van der Waals surface area contributed by atoms with Crippen LogP contribution in [0.4, 0.5) is 5.69 Å². The van der Waals surface area contributed by atoms with E-state index in [-0.39, 0.29) is 5.91 Å². The van der Waals surface area contributed by atoms with Crippen LogP contribution in [0.15, 0.2) is 6.20 Å². The number of hydrogen-bond donors (Lipinski definition) is 1. The first-order valence-electron chi connectivity index (χ1n) is 4.62. The Labute approximate surface area is 91.0 Å². The minimum absolute atomic E-state index is 0.128. The zero-order chi connectivity index (χ0) is 10.4. The molecule has 1 aromatic rings. The van der Waals surface area contributed by atoms with Crippen molar-refractivity contribution in [1.29, 1.82) is 0 Å². The van der Waals surface area contributed by atoms with Gasteiger partial charge < -0.3 is 15.0 Å². The number of rotatable bonds is 0. The lowest BCUT2D eigenvalue weighted by Crippen LogP contribution is -2.47.